The number of morpholine rings is 1. The van der Waals surface area contributed by atoms with E-state index in [1.807, 2.05) is 24.8 Å². The summed E-state index contributed by atoms with van der Waals surface area (Å²) in [5.41, 5.74) is 1.28. The first kappa shape index (κ1) is 16.1. The molecular weight excluding hydrogens is 290 g/mol. The van der Waals surface area contributed by atoms with Gasteiger partial charge in [0.25, 0.3) is 0 Å². The van der Waals surface area contributed by atoms with Crippen LogP contribution in [0.15, 0.2) is 30.3 Å². The highest BCUT2D eigenvalue weighted by Crippen LogP contribution is 2.23. The molecule has 2 saturated heterocycles. The predicted octanol–water partition coefficient (Wildman–Crippen LogP) is 2.33. The topological polar surface area (TPSA) is 44.8 Å². The molecule has 2 fully saturated rings. The molecule has 5 heteroatoms. The van der Waals surface area contributed by atoms with Gasteiger partial charge in [-0.25, -0.2) is 4.79 Å². The van der Waals surface area contributed by atoms with Crippen LogP contribution >= 0.6 is 0 Å². The van der Waals surface area contributed by atoms with Gasteiger partial charge in [0.1, 0.15) is 0 Å². The molecule has 126 valence electrons. The molecule has 3 rings (SSSR count). The lowest BCUT2D eigenvalue weighted by atomic mass is 10.1. The van der Waals surface area contributed by atoms with E-state index >= 15 is 0 Å². The molecule has 5 nitrogen and oxygen atoms in total. The SMILES string of the molecule is CC1CN(C(=O)NCC2CCN(c3ccccc3)C2)CC(C)O1. The summed E-state index contributed by atoms with van der Waals surface area (Å²) in [6.07, 6.45) is 1.36. The van der Waals surface area contributed by atoms with Gasteiger partial charge in [-0.1, -0.05) is 18.2 Å². The molecule has 0 aromatic heterocycles. The van der Waals surface area contributed by atoms with E-state index in [2.05, 4.69) is 34.5 Å². The Bertz CT molecular complexity index is 512. The Morgan fingerprint density at radius 3 is 2.57 bits per heavy atom. The van der Waals surface area contributed by atoms with Gasteiger partial charge >= 0.3 is 6.03 Å². The van der Waals surface area contributed by atoms with Crippen molar-refractivity contribution in [1.82, 2.24) is 10.2 Å². The number of urea groups is 1. The number of amides is 2. The summed E-state index contributed by atoms with van der Waals surface area (Å²) in [7, 11) is 0. The Morgan fingerprint density at radius 2 is 1.87 bits per heavy atom. The van der Waals surface area contributed by atoms with Crippen molar-refractivity contribution in [2.24, 2.45) is 5.92 Å². The van der Waals surface area contributed by atoms with Crippen LogP contribution in [0.1, 0.15) is 20.3 Å². The van der Waals surface area contributed by atoms with Crippen LogP contribution in [0.2, 0.25) is 0 Å². The van der Waals surface area contributed by atoms with Gasteiger partial charge < -0.3 is 19.9 Å². The molecule has 2 aliphatic rings. The minimum atomic E-state index is 0.0464. The zero-order valence-electron chi connectivity index (χ0n) is 14.1. The number of hydrogen-bond acceptors (Lipinski definition) is 3. The normalized spacial score (nSPS) is 28.0. The molecule has 3 unspecified atom stereocenters. The first-order chi connectivity index (χ1) is 11.1. The number of carbonyl (C=O) groups is 1. The zero-order chi connectivity index (χ0) is 16.2. The van der Waals surface area contributed by atoms with Gasteiger partial charge in [-0.15, -0.1) is 0 Å². The van der Waals surface area contributed by atoms with Crippen LogP contribution in [0.4, 0.5) is 10.5 Å². The molecule has 0 radical (unpaired) electrons. The molecule has 3 atom stereocenters. The van der Waals surface area contributed by atoms with Crippen LogP contribution in [0.5, 0.6) is 0 Å². The van der Waals surface area contributed by atoms with Crippen LogP contribution in [0, 0.1) is 5.92 Å². The first-order valence-electron chi connectivity index (χ1n) is 8.60. The number of para-hydroxylation sites is 1. The average Bonchev–Trinajstić information content (AvgIpc) is 3.01. The van der Waals surface area contributed by atoms with Crippen LogP contribution in [-0.4, -0.2) is 55.9 Å². The molecule has 2 amide bonds. The minimum absolute atomic E-state index is 0.0464. The summed E-state index contributed by atoms with van der Waals surface area (Å²) >= 11 is 0. The summed E-state index contributed by atoms with van der Waals surface area (Å²) in [6, 6.07) is 10.5. The van der Waals surface area contributed by atoms with E-state index in [1.165, 1.54) is 5.69 Å². The van der Waals surface area contributed by atoms with E-state index in [-0.39, 0.29) is 18.2 Å². The number of ether oxygens (including phenoxy) is 1. The Kier molecular flexibility index (Phi) is 5.06. The maximum Gasteiger partial charge on any atom is 0.317 e. The highest BCUT2D eigenvalue weighted by molar-refractivity contribution is 5.74. The van der Waals surface area contributed by atoms with Gasteiger partial charge in [-0.3, -0.25) is 0 Å². The first-order valence-corrected chi connectivity index (χ1v) is 8.60. The second-order valence-corrected chi connectivity index (χ2v) is 6.78. The summed E-state index contributed by atoms with van der Waals surface area (Å²) in [5, 5.41) is 3.11. The third kappa shape index (κ3) is 4.16. The summed E-state index contributed by atoms with van der Waals surface area (Å²) in [5.74, 6) is 0.523. The molecule has 1 N–H and O–H groups in total. The smallest absolute Gasteiger partial charge is 0.317 e. The van der Waals surface area contributed by atoms with E-state index in [9.17, 15) is 4.79 Å². The monoisotopic (exact) mass is 317 g/mol. The van der Waals surface area contributed by atoms with Gasteiger partial charge in [0.05, 0.1) is 12.2 Å². The number of rotatable bonds is 3. The summed E-state index contributed by atoms with van der Waals surface area (Å²) in [6.45, 7) is 8.22. The largest absolute Gasteiger partial charge is 0.372 e. The molecule has 0 aliphatic carbocycles. The minimum Gasteiger partial charge on any atom is -0.372 e. The van der Waals surface area contributed by atoms with Crippen LogP contribution in [0.3, 0.4) is 0 Å². The molecular formula is C18H27N3O2. The van der Waals surface area contributed by atoms with Crippen LogP contribution in [0.25, 0.3) is 0 Å². The van der Waals surface area contributed by atoms with Crippen LogP contribution < -0.4 is 10.2 Å². The van der Waals surface area contributed by atoms with Crippen molar-refractivity contribution < 1.29 is 9.53 Å². The van der Waals surface area contributed by atoms with Crippen molar-refractivity contribution in [2.75, 3.05) is 37.6 Å². The van der Waals surface area contributed by atoms with E-state index in [1.54, 1.807) is 0 Å². The van der Waals surface area contributed by atoms with Crippen molar-refractivity contribution in [3.05, 3.63) is 30.3 Å². The zero-order valence-corrected chi connectivity index (χ0v) is 14.1. The Labute approximate surface area is 138 Å². The highest BCUT2D eigenvalue weighted by atomic mass is 16.5. The quantitative estimate of drug-likeness (QED) is 0.930. The molecule has 1 aromatic rings. The van der Waals surface area contributed by atoms with E-state index < -0.39 is 0 Å². The number of benzene rings is 1. The van der Waals surface area contributed by atoms with Gasteiger partial charge in [-0.05, 0) is 38.3 Å². The third-order valence-electron chi connectivity index (χ3n) is 4.66. The van der Waals surface area contributed by atoms with Gasteiger partial charge in [-0.2, -0.15) is 0 Å². The fourth-order valence-electron chi connectivity index (χ4n) is 3.56. The average molecular weight is 317 g/mol. The van der Waals surface area contributed by atoms with Crippen molar-refractivity contribution in [2.45, 2.75) is 32.5 Å². The molecule has 0 bridgehead atoms. The Hall–Kier alpha value is -1.75. The van der Waals surface area contributed by atoms with E-state index in [4.69, 9.17) is 4.74 Å². The Balaban J connectivity index is 1.45. The van der Waals surface area contributed by atoms with Gasteiger partial charge in [0.2, 0.25) is 0 Å². The highest BCUT2D eigenvalue weighted by Gasteiger charge is 2.27. The number of nitrogens with zero attached hydrogens (tertiary/aromatic N) is 2. The number of anilines is 1. The second kappa shape index (κ2) is 7.21. The number of hydrogen-bond donors (Lipinski definition) is 1. The molecule has 0 saturated carbocycles. The lowest BCUT2D eigenvalue weighted by molar-refractivity contribution is -0.0545. The van der Waals surface area contributed by atoms with E-state index in [0.29, 0.717) is 19.0 Å². The maximum absolute atomic E-state index is 12.3. The van der Waals surface area contributed by atoms with Crippen molar-refractivity contribution >= 4 is 11.7 Å². The van der Waals surface area contributed by atoms with Crippen molar-refractivity contribution in [3.8, 4) is 0 Å². The fourth-order valence-corrected chi connectivity index (χ4v) is 3.56. The molecule has 2 aliphatic heterocycles. The number of carbonyl (C=O) groups excluding carboxylic acids is 1. The molecule has 2 heterocycles. The lowest BCUT2D eigenvalue weighted by Gasteiger charge is -2.35. The molecule has 1 aromatic carbocycles. The molecule has 23 heavy (non-hydrogen) atoms. The third-order valence-corrected chi connectivity index (χ3v) is 4.66. The molecule has 0 spiro atoms. The van der Waals surface area contributed by atoms with Crippen molar-refractivity contribution in [3.63, 3.8) is 0 Å². The fraction of sp³-hybridized carbons (Fsp3) is 0.611. The van der Waals surface area contributed by atoms with Crippen molar-refractivity contribution in [1.29, 1.82) is 0 Å². The number of nitrogens with one attached hydrogen (secondary N) is 1. The standard InChI is InChI=1S/C18H27N3O2/c1-14-11-21(12-15(2)23-14)18(22)19-10-16-8-9-20(13-16)17-6-4-3-5-7-17/h3-7,14-16H,8-13H2,1-2H3,(H,19,22). The van der Waals surface area contributed by atoms with Crippen LogP contribution in [-0.2, 0) is 4.74 Å². The predicted molar refractivity (Wildman–Crippen MR) is 91.7 cm³/mol. The van der Waals surface area contributed by atoms with E-state index in [0.717, 1.165) is 26.1 Å². The maximum atomic E-state index is 12.3. The lowest BCUT2D eigenvalue weighted by Crippen LogP contribution is -2.52. The summed E-state index contributed by atoms with van der Waals surface area (Å²) < 4.78 is 5.68. The Morgan fingerprint density at radius 1 is 1.17 bits per heavy atom. The second-order valence-electron chi connectivity index (χ2n) is 6.78. The summed E-state index contributed by atoms with van der Waals surface area (Å²) in [4.78, 5) is 16.6. The van der Waals surface area contributed by atoms with Gasteiger partial charge in [0.15, 0.2) is 0 Å². The van der Waals surface area contributed by atoms with Gasteiger partial charge in [0, 0.05) is 38.4 Å².